The molecule has 5 nitrogen and oxygen atoms in total. The van der Waals surface area contributed by atoms with E-state index in [1.54, 1.807) is 11.8 Å². The van der Waals surface area contributed by atoms with Crippen molar-refractivity contribution in [3.8, 4) is 0 Å². The molecule has 3 rings (SSSR count). The minimum Gasteiger partial charge on any atom is -0.388 e. The Balaban J connectivity index is 1.77. The molecule has 1 heterocycles. The van der Waals surface area contributed by atoms with Gasteiger partial charge in [-0.25, -0.2) is 0 Å². The third-order valence-corrected chi connectivity index (χ3v) is 5.04. The highest BCUT2D eigenvalue weighted by atomic mass is 32.2. The Bertz CT molecular complexity index is 475. The van der Waals surface area contributed by atoms with Crippen molar-refractivity contribution in [3.05, 3.63) is 5.82 Å². The van der Waals surface area contributed by atoms with E-state index in [0.29, 0.717) is 23.6 Å². The smallest absolute Gasteiger partial charge is 0.191 e. The quantitative estimate of drug-likeness (QED) is 0.457. The second kappa shape index (κ2) is 5.15. The first kappa shape index (κ1) is 13.0. The monoisotopic (exact) mass is 279 g/mol. The van der Waals surface area contributed by atoms with Crippen molar-refractivity contribution in [2.75, 3.05) is 0 Å². The summed E-state index contributed by atoms with van der Waals surface area (Å²) in [6, 6.07) is 0.628. The van der Waals surface area contributed by atoms with Gasteiger partial charge in [-0.1, -0.05) is 18.7 Å². The van der Waals surface area contributed by atoms with Crippen LogP contribution in [-0.2, 0) is 0 Å². The van der Waals surface area contributed by atoms with Crippen LogP contribution in [0.25, 0.3) is 0 Å². The lowest BCUT2D eigenvalue weighted by atomic mass is 10.2. The minimum absolute atomic E-state index is 0.263. The van der Waals surface area contributed by atoms with Crippen molar-refractivity contribution in [1.82, 2.24) is 14.8 Å². The van der Waals surface area contributed by atoms with Gasteiger partial charge in [0.05, 0.1) is 5.84 Å². The van der Waals surface area contributed by atoms with Gasteiger partial charge in [0, 0.05) is 23.6 Å². The van der Waals surface area contributed by atoms with Crippen molar-refractivity contribution in [2.24, 2.45) is 5.73 Å². The van der Waals surface area contributed by atoms with Crippen LogP contribution in [0.15, 0.2) is 5.16 Å². The molecule has 3 N–H and O–H groups in total. The number of hydrogen-bond donors (Lipinski definition) is 2. The van der Waals surface area contributed by atoms with Crippen LogP contribution in [0.2, 0.25) is 0 Å². The molecule has 1 aromatic heterocycles. The van der Waals surface area contributed by atoms with Crippen LogP contribution < -0.4 is 5.73 Å². The van der Waals surface area contributed by atoms with E-state index in [1.807, 2.05) is 0 Å². The van der Waals surface area contributed by atoms with Crippen LogP contribution in [0, 0.1) is 5.41 Å². The normalized spacial score (nSPS) is 20.5. The number of nitrogens with one attached hydrogen (secondary N) is 1. The Morgan fingerprint density at radius 1 is 1.42 bits per heavy atom. The Labute approximate surface area is 117 Å². The molecule has 0 radical (unpaired) electrons. The highest BCUT2D eigenvalue weighted by molar-refractivity contribution is 7.99. The molecule has 104 valence electrons. The highest BCUT2D eigenvalue weighted by Gasteiger charge is 2.36. The molecule has 0 amide bonds. The van der Waals surface area contributed by atoms with E-state index in [4.69, 9.17) is 11.1 Å². The average Bonchev–Trinajstić information content (AvgIpc) is 3.27. The van der Waals surface area contributed by atoms with Crippen molar-refractivity contribution in [1.29, 1.82) is 5.41 Å². The number of nitrogens with zero attached hydrogens (tertiary/aromatic N) is 3. The summed E-state index contributed by atoms with van der Waals surface area (Å²) in [6.07, 6.45) is 6.68. The van der Waals surface area contributed by atoms with Gasteiger partial charge in [-0.15, -0.1) is 10.2 Å². The first-order chi connectivity index (χ1) is 9.19. The molecule has 0 spiro atoms. The van der Waals surface area contributed by atoms with E-state index in [9.17, 15) is 0 Å². The van der Waals surface area contributed by atoms with Gasteiger partial charge in [0.2, 0.25) is 0 Å². The predicted molar refractivity (Wildman–Crippen MR) is 76.7 cm³/mol. The molecule has 2 saturated carbocycles. The Hall–Kier alpha value is -1.04. The Morgan fingerprint density at radius 3 is 2.68 bits per heavy atom. The topological polar surface area (TPSA) is 80.6 Å². The lowest BCUT2D eigenvalue weighted by Crippen LogP contribution is -2.17. The fraction of sp³-hybridized carbons (Fsp3) is 0.769. The number of aromatic nitrogens is 3. The lowest BCUT2D eigenvalue weighted by Gasteiger charge is -2.14. The summed E-state index contributed by atoms with van der Waals surface area (Å²) in [5.74, 6) is 2.11. The molecule has 0 aliphatic heterocycles. The van der Waals surface area contributed by atoms with Gasteiger partial charge < -0.3 is 10.3 Å². The summed E-state index contributed by atoms with van der Waals surface area (Å²) >= 11 is 1.75. The fourth-order valence-corrected chi connectivity index (χ4v) is 3.50. The molecule has 0 saturated heterocycles. The zero-order valence-electron chi connectivity index (χ0n) is 11.3. The second-order valence-corrected chi connectivity index (χ2v) is 6.86. The van der Waals surface area contributed by atoms with E-state index >= 15 is 0 Å². The molecule has 6 heteroatoms. The summed E-state index contributed by atoms with van der Waals surface area (Å²) in [5.41, 5.74) is 5.52. The largest absolute Gasteiger partial charge is 0.388 e. The number of hydrogen-bond acceptors (Lipinski definition) is 4. The zero-order valence-corrected chi connectivity index (χ0v) is 12.1. The van der Waals surface area contributed by atoms with Crippen LogP contribution in [0.5, 0.6) is 0 Å². The number of thioether (sulfide) groups is 1. The van der Waals surface area contributed by atoms with Crippen molar-refractivity contribution >= 4 is 17.6 Å². The first-order valence-electron chi connectivity index (χ1n) is 7.13. The summed E-state index contributed by atoms with van der Waals surface area (Å²) in [7, 11) is 0. The molecular weight excluding hydrogens is 258 g/mol. The van der Waals surface area contributed by atoms with Crippen LogP contribution in [0.1, 0.15) is 63.2 Å². The molecule has 2 aliphatic carbocycles. The van der Waals surface area contributed by atoms with E-state index in [-0.39, 0.29) is 5.84 Å². The van der Waals surface area contributed by atoms with Crippen molar-refractivity contribution in [3.63, 3.8) is 0 Å². The molecule has 1 atom stereocenters. The molecular formula is C13H21N5S. The fourth-order valence-electron chi connectivity index (χ4n) is 2.33. The summed E-state index contributed by atoms with van der Waals surface area (Å²) in [6.45, 7) is 2.14. The maximum Gasteiger partial charge on any atom is 0.191 e. The van der Waals surface area contributed by atoms with E-state index in [1.165, 1.54) is 31.5 Å². The van der Waals surface area contributed by atoms with Gasteiger partial charge in [0.25, 0.3) is 0 Å². The maximum absolute atomic E-state index is 7.45. The van der Waals surface area contributed by atoms with Gasteiger partial charge in [-0.3, -0.25) is 5.41 Å². The molecule has 19 heavy (non-hydrogen) atoms. The molecule has 0 aromatic carbocycles. The second-order valence-electron chi connectivity index (χ2n) is 5.59. The summed E-state index contributed by atoms with van der Waals surface area (Å²) in [4.78, 5) is 0. The highest BCUT2D eigenvalue weighted by Crippen LogP contribution is 2.46. The van der Waals surface area contributed by atoms with Crippen LogP contribution in [-0.4, -0.2) is 25.9 Å². The number of rotatable bonds is 7. The molecule has 2 aliphatic rings. The average molecular weight is 279 g/mol. The minimum atomic E-state index is 0.263. The Kier molecular flexibility index (Phi) is 3.52. The zero-order chi connectivity index (χ0) is 13.4. The van der Waals surface area contributed by atoms with E-state index in [2.05, 4.69) is 21.7 Å². The maximum atomic E-state index is 7.45. The standard InChI is InChI=1S/C13H21N5S/c1-2-10(7-11(14)15)19-13-17-16-12(8-3-4-8)18(13)9-5-6-9/h8-10H,2-7H2,1H3,(H3,14,15). The SMILES string of the molecule is CCC(CC(=N)N)Sc1nnc(C2CC2)n1C1CC1. The summed E-state index contributed by atoms with van der Waals surface area (Å²) < 4.78 is 2.37. The van der Waals surface area contributed by atoms with Gasteiger partial charge in [-0.2, -0.15) is 0 Å². The van der Waals surface area contributed by atoms with Crippen molar-refractivity contribution < 1.29 is 0 Å². The Morgan fingerprint density at radius 2 is 2.16 bits per heavy atom. The molecule has 1 aromatic rings. The predicted octanol–water partition coefficient (Wildman–Crippen LogP) is 2.69. The van der Waals surface area contributed by atoms with Crippen LogP contribution in [0.3, 0.4) is 0 Å². The molecule has 0 bridgehead atoms. The lowest BCUT2D eigenvalue weighted by molar-refractivity contribution is 0.625. The van der Waals surface area contributed by atoms with Gasteiger partial charge in [0.1, 0.15) is 5.82 Å². The third-order valence-electron chi connectivity index (χ3n) is 3.72. The molecule has 2 fully saturated rings. The first-order valence-corrected chi connectivity index (χ1v) is 8.01. The van der Waals surface area contributed by atoms with Gasteiger partial charge in [-0.05, 0) is 32.1 Å². The van der Waals surface area contributed by atoms with E-state index in [0.717, 1.165) is 11.6 Å². The number of amidine groups is 1. The van der Waals surface area contributed by atoms with Crippen molar-refractivity contribution in [2.45, 2.75) is 67.8 Å². The van der Waals surface area contributed by atoms with Gasteiger partial charge >= 0.3 is 0 Å². The number of nitrogens with two attached hydrogens (primary N) is 1. The van der Waals surface area contributed by atoms with Gasteiger partial charge in [0.15, 0.2) is 5.16 Å². The van der Waals surface area contributed by atoms with E-state index < -0.39 is 0 Å². The van der Waals surface area contributed by atoms with Crippen LogP contribution >= 0.6 is 11.8 Å². The summed E-state index contributed by atoms with van der Waals surface area (Å²) in [5, 5.41) is 17.6. The van der Waals surface area contributed by atoms with Crippen LogP contribution in [0.4, 0.5) is 0 Å². The third kappa shape index (κ3) is 2.94. The molecule has 1 unspecified atom stereocenters.